The Morgan fingerprint density at radius 3 is 3.05 bits per heavy atom. The number of carboxylic acids is 1. The Morgan fingerprint density at radius 1 is 1.48 bits per heavy atom. The first-order valence-electron chi connectivity index (χ1n) is 7.07. The van der Waals surface area contributed by atoms with Crippen molar-refractivity contribution >= 4 is 5.97 Å². The Morgan fingerprint density at radius 2 is 2.29 bits per heavy atom. The minimum absolute atomic E-state index is 0.284. The fourth-order valence-corrected chi connectivity index (χ4v) is 2.90. The molecule has 21 heavy (non-hydrogen) atoms. The lowest BCUT2D eigenvalue weighted by Gasteiger charge is -2.22. The molecule has 1 unspecified atom stereocenters. The quantitative estimate of drug-likeness (QED) is 0.935. The van der Waals surface area contributed by atoms with Gasteiger partial charge in [-0.2, -0.15) is 0 Å². The maximum atomic E-state index is 11.1. The highest BCUT2D eigenvalue weighted by atomic mass is 16.5. The summed E-state index contributed by atoms with van der Waals surface area (Å²) in [7, 11) is 1.66. The normalized spacial score (nSPS) is 17.3. The maximum absolute atomic E-state index is 11.1. The summed E-state index contributed by atoms with van der Waals surface area (Å²) in [6.07, 6.45) is 3.73. The van der Waals surface area contributed by atoms with Crippen molar-refractivity contribution in [2.45, 2.75) is 25.8 Å². The predicted molar refractivity (Wildman–Crippen MR) is 77.5 cm³/mol. The summed E-state index contributed by atoms with van der Waals surface area (Å²) < 4.78 is 7.52. The van der Waals surface area contributed by atoms with Crippen LogP contribution in [-0.2, 0) is 24.2 Å². The second-order valence-corrected chi connectivity index (χ2v) is 5.33. The van der Waals surface area contributed by atoms with Crippen molar-refractivity contribution in [3.05, 3.63) is 47.5 Å². The fourth-order valence-electron chi connectivity index (χ4n) is 2.90. The third-order valence-corrected chi connectivity index (χ3v) is 4.07. The molecule has 0 radical (unpaired) electrons. The van der Waals surface area contributed by atoms with Crippen LogP contribution in [0.1, 0.15) is 23.5 Å². The number of rotatable bonds is 4. The zero-order chi connectivity index (χ0) is 14.8. The minimum atomic E-state index is -0.714. The average molecular weight is 286 g/mol. The number of carbonyl (C=O) groups is 1. The summed E-state index contributed by atoms with van der Waals surface area (Å²) in [6, 6.07) is 7.90. The monoisotopic (exact) mass is 286 g/mol. The summed E-state index contributed by atoms with van der Waals surface area (Å²) in [4.78, 5) is 15.6. The molecule has 5 heteroatoms. The van der Waals surface area contributed by atoms with Crippen molar-refractivity contribution in [1.29, 1.82) is 0 Å². The van der Waals surface area contributed by atoms with Gasteiger partial charge in [0.1, 0.15) is 11.6 Å². The van der Waals surface area contributed by atoms with Crippen molar-refractivity contribution in [3.63, 3.8) is 0 Å². The zero-order valence-corrected chi connectivity index (χ0v) is 12.0. The Balaban J connectivity index is 1.84. The van der Waals surface area contributed by atoms with E-state index in [-0.39, 0.29) is 5.92 Å². The number of hydrogen-bond donors (Lipinski definition) is 1. The summed E-state index contributed by atoms with van der Waals surface area (Å²) in [5, 5.41) is 9.13. The van der Waals surface area contributed by atoms with Gasteiger partial charge in [0.25, 0.3) is 0 Å². The van der Waals surface area contributed by atoms with Crippen molar-refractivity contribution in [3.8, 4) is 5.75 Å². The van der Waals surface area contributed by atoms with Crippen molar-refractivity contribution in [2.75, 3.05) is 7.11 Å². The van der Waals surface area contributed by atoms with Crippen LogP contribution in [-0.4, -0.2) is 27.7 Å². The van der Waals surface area contributed by atoms with Crippen molar-refractivity contribution in [2.24, 2.45) is 5.92 Å². The number of aromatic nitrogens is 2. The van der Waals surface area contributed by atoms with E-state index < -0.39 is 5.97 Å². The van der Waals surface area contributed by atoms with Crippen LogP contribution in [0.3, 0.4) is 0 Å². The van der Waals surface area contributed by atoms with E-state index in [1.54, 1.807) is 13.3 Å². The second kappa shape index (κ2) is 5.60. The Kier molecular flexibility index (Phi) is 3.64. The first-order valence-corrected chi connectivity index (χ1v) is 7.07. The highest BCUT2D eigenvalue weighted by molar-refractivity contribution is 5.70. The highest BCUT2D eigenvalue weighted by Crippen LogP contribution is 2.25. The van der Waals surface area contributed by atoms with Crippen molar-refractivity contribution in [1.82, 2.24) is 9.55 Å². The van der Waals surface area contributed by atoms with Crippen LogP contribution in [0.4, 0.5) is 0 Å². The van der Waals surface area contributed by atoms with Crippen LogP contribution in [0.2, 0.25) is 0 Å². The molecule has 1 aromatic carbocycles. The van der Waals surface area contributed by atoms with Crippen LogP contribution in [0.5, 0.6) is 5.75 Å². The largest absolute Gasteiger partial charge is 0.496 e. The molecule has 0 spiro atoms. The van der Waals surface area contributed by atoms with E-state index in [0.29, 0.717) is 19.3 Å². The zero-order valence-electron chi connectivity index (χ0n) is 12.0. The number of para-hydroxylation sites is 1. The number of aliphatic carboxylic acids is 1. The van der Waals surface area contributed by atoms with E-state index in [1.165, 1.54) is 0 Å². The van der Waals surface area contributed by atoms with E-state index in [9.17, 15) is 4.79 Å². The number of fused-ring (bicyclic) bond motifs is 1. The molecule has 0 amide bonds. The number of imidazole rings is 1. The van der Waals surface area contributed by atoms with E-state index in [4.69, 9.17) is 9.84 Å². The van der Waals surface area contributed by atoms with Crippen LogP contribution in [0.25, 0.3) is 0 Å². The van der Waals surface area contributed by atoms with Gasteiger partial charge in [0.2, 0.25) is 0 Å². The highest BCUT2D eigenvalue weighted by Gasteiger charge is 2.26. The topological polar surface area (TPSA) is 64.4 Å². The maximum Gasteiger partial charge on any atom is 0.306 e. The SMILES string of the molecule is COc1ccccc1Cc1ncc2n1CCC(C(=O)O)C2. The van der Waals surface area contributed by atoms with Crippen LogP contribution in [0.15, 0.2) is 30.5 Å². The molecule has 2 aromatic rings. The van der Waals surface area contributed by atoms with Crippen LogP contribution >= 0.6 is 0 Å². The number of hydrogen-bond acceptors (Lipinski definition) is 3. The van der Waals surface area contributed by atoms with Gasteiger partial charge in [-0.1, -0.05) is 18.2 Å². The van der Waals surface area contributed by atoms with Gasteiger partial charge >= 0.3 is 5.97 Å². The molecule has 5 nitrogen and oxygen atoms in total. The molecule has 1 aliphatic heterocycles. The van der Waals surface area contributed by atoms with Gasteiger partial charge in [0, 0.05) is 36.8 Å². The number of carboxylic acid groups (broad SMARTS) is 1. The van der Waals surface area contributed by atoms with Gasteiger partial charge in [-0.3, -0.25) is 4.79 Å². The molecule has 1 N–H and O–H groups in total. The lowest BCUT2D eigenvalue weighted by atomic mass is 9.96. The van der Waals surface area contributed by atoms with Gasteiger partial charge in [-0.15, -0.1) is 0 Å². The Hall–Kier alpha value is -2.30. The second-order valence-electron chi connectivity index (χ2n) is 5.33. The molecular weight excluding hydrogens is 268 g/mol. The van der Waals surface area contributed by atoms with E-state index in [0.717, 1.165) is 29.4 Å². The molecule has 3 rings (SSSR count). The number of methoxy groups -OCH3 is 1. The molecule has 110 valence electrons. The third-order valence-electron chi connectivity index (χ3n) is 4.07. The molecule has 1 aromatic heterocycles. The molecule has 0 bridgehead atoms. The van der Waals surface area contributed by atoms with E-state index >= 15 is 0 Å². The first-order chi connectivity index (χ1) is 10.2. The van der Waals surface area contributed by atoms with Crippen LogP contribution < -0.4 is 4.74 Å². The smallest absolute Gasteiger partial charge is 0.306 e. The molecule has 1 aliphatic rings. The molecule has 2 heterocycles. The van der Waals surface area contributed by atoms with E-state index in [2.05, 4.69) is 9.55 Å². The van der Waals surface area contributed by atoms with Crippen molar-refractivity contribution < 1.29 is 14.6 Å². The molecule has 0 aliphatic carbocycles. The lowest BCUT2D eigenvalue weighted by Crippen LogP contribution is -2.26. The first kappa shape index (κ1) is 13.7. The summed E-state index contributed by atoms with van der Waals surface area (Å²) in [5.41, 5.74) is 2.10. The molecule has 0 saturated heterocycles. The summed E-state index contributed by atoms with van der Waals surface area (Å²) >= 11 is 0. The summed E-state index contributed by atoms with van der Waals surface area (Å²) in [5.74, 6) is 0.828. The molecule has 0 fully saturated rings. The summed E-state index contributed by atoms with van der Waals surface area (Å²) in [6.45, 7) is 0.719. The number of benzene rings is 1. The average Bonchev–Trinajstić information content (AvgIpc) is 2.90. The Bertz CT molecular complexity index is 663. The van der Waals surface area contributed by atoms with E-state index in [1.807, 2.05) is 24.3 Å². The Labute approximate surface area is 123 Å². The molecule has 1 atom stereocenters. The van der Waals surface area contributed by atoms with Gasteiger partial charge < -0.3 is 14.4 Å². The standard InChI is InChI=1S/C16H18N2O3/c1-21-14-5-3-2-4-11(14)9-15-17-10-13-8-12(16(19)20)6-7-18(13)15/h2-5,10,12H,6-9H2,1H3,(H,19,20). The molecule has 0 saturated carbocycles. The number of nitrogens with zero attached hydrogens (tertiary/aromatic N) is 2. The number of ether oxygens (including phenoxy) is 1. The lowest BCUT2D eigenvalue weighted by molar-refractivity contribution is -0.142. The van der Waals surface area contributed by atoms with Gasteiger partial charge in [0.15, 0.2) is 0 Å². The van der Waals surface area contributed by atoms with Crippen LogP contribution in [0, 0.1) is 5.92 Å². The minimum Gasteiger partial charge on any atom is -0.496 e. The fraction of sp³-hybridized carbons (Fsp3) is 0.375. The van der Waals surface area contributed by atoms with Gasteiger partial charge in [-0.25, -0.2) is 4.98 Å². The van der Waals surface area contributed by atoms with Gasteiger partial charge in [0.05, 0.1) is 13.0 Å². The third kappa shape index (κ3) is 2.63. The van der Waals surface area contributed by atoms with Gasteiger partial charge in [-0.05, 0) is 12.5 Å². The predicted octanol–water partition coefficient (Wildman–Crippen LogP) is 2.13. The molecular formula is C16H18N2O3.